The van der Waals surface area contributed by atoms with Gasteiger partial charge in [0.25, 0.3) is 0 Å². The third kappa shape index (κ3) is 4.35. The Morgan fingerprint density at radius 2 is 2.04 bits per heavy atom. The highest BCUT2D eigenvalue weighted by atomic mass is 32.2. The minimum atomic E-state index is -2.96. The Kier molecular flexibility index (Phi) is 4.37. The van der Waals surface area contributed by atoms with Crippen LogP contribution in [0.5, 0.6) is 0 Å². The second-order valence-electron chi connectivity index (χ2n) is 5.39. The monoisotopic (exact) mass is 337 g/mol. The number of hydrogen-bond acceptors (Lipinski definition) is 7. The van der Waals surface area contributed by atoms with E-state index in [1.165, 1.54) is 18.3 Å². The number of aromatic nitrogens is 3. The maximum atomic E-state index is 12.8. The standard InChI is InChI=1S/C14H16FN5O2S/c15-11-3-1-10(2-4-11)7-16-13-8-17-20-14(19-13)18-12-5-6-23(21,22)9-12/h1-4,8,12H,5-7,9H2,(H2,16,18,19,20). The molecule has 0 radical (unpaired) electrons. The molecule has 1 aromatic carbocycles. The van der Waals surface area contributed by atoms with Gasteiger partial charge in [-0.25, -0.2) is 12.8 Å². The summed E-state index contributed by atoms with van der Waals surface area (Å²) in [6, 6.07) is 5.96. The molecule has 9 heteroatoms. The number of nitrogens with zero attached hydrogens (tertiary/aromatic N) is 3. The molecule has 1 aliphatic rings. The van der Waals surface area contributed by atoms with Crippen LogP contribution < -0.4 is 10.6 Å². The lowest BCUT2D eigenvalue weighted by atomic mass is 10.2. The van der Waals surface area contributed by atoms with Crippen LogP contribution in [-0.2, 0) is 16.4 Å². The SMILES string of the molecule is O=S1(=O)CCC(Nc2nncc(NCc3ccc(F)cc3)n2)C1. The summed E-state index contributed by atoms with van der Waals surface area (Å²) >= 11 is 0. The predicted molar refractivity (Wildman–Crippen MR) is 84.2 cm³/mol. The van der Waals surface area contributed by atoms with Crippen molar-refractivity contribution in [1.82, 2.24) is 15.2 Å². The van der Waals surface area contributed by atoms with Crippen molar-refractivity contribution in [3.63, 3.8) is 0 Å². The molecule has 2 heterocycles. The molecule has 0 saturated carbocycles. The van der Waals surface area contributed by atoms with Crippen molar-refractivity contribution >= 4 is 21.6 Å². The minimum absolute atomic E-state index is 0.0869. The second kappa shape index (κ2) is 6.45. The second-order valence-corrected chi connectivity index (χ2v) is 7.62. The van der Waals surface area contributed by atoms with E-state index in [4.69, 9.17) is 0 Å². The van der Waals surface area contributed by atoms with Gasteiger partial charge in [0.2, 0.25) is 5.95 Å². The molecule has 0 bridgehead atoms. The molecule has 1 unspecified atom stereocenters. The lowest BCUT2D eigenvalue weighted by molar-refractivity contribution is 0.602. The summed E-state index contributed by atoms with van der Waals surface area (Å²) in [5, 5.41) is 13.8. The fourth-order valence-corrected chi connectivity index (χ4v) is 4.01. The van der Waals surface area contributed by atoms with Gasteiger partial charge in [-0.3, -0.25) is 0 Å². The van der Waals surface area contributed by atoms with Crippen LogP contribution in [0.4, 0.5) is 16.2 Å². The van der Waals surface area contributed by atoms with E-state index in [9.17, 15) is 12.8 Å². The molecule has 3 rings (SSSR count). The number of anilines is 2. The molecule has 2 aromatic rings. The van der Waals surface area contributed by atoms with Crippen molar-refractivity contribution in [2.75, 3.05) is 22.1 Å². The summed E-state index contributed by atoms with van der Waals surface area (Å²) in [6.45, 7) is 0.468. The molecule has 0 spiro atoms. The van der Waals surface area contributed by atoms with Gasteiger partial charge >= 0.3 is 0 Å². The molecule has 23 heavy (non-hydrogen) atoms. The Labute approximate surface area is 133 Å². The number of halogens is 1. The van der Waals surface area contributed by atoms with E-state index in [-0.39, 0.29) is 29.3 Å². The molecular weight excluding hydrogens is 321 g/mol. The maximum Gasteiger partial charge on any atom is 0.244 e. The van der Waals surface area contributed by atoms with Crippen molar-refractivity contribution in [2.24, 2.45) is 0 Å². The molecule has 0 amide bonds. The van der Waals surface area contributed by atoms with Gasteiger partial charge in [-0.2, -0.15) is 10.1 Å². The lowest BCUT2D eigenvalue weighted by Crippen LogP contribution is -2.22. The number of hydrogen-bond donors (Lipinski definition) is 2. The molecular formula is C14H16FN5O2S. The third-order valence-corrected chi connectivity index (χ3v) is 5.28. The Morgan fingerprint density at radius 3 is 2.74 bits per heavy atom. The molecule has 7 nitrogen and oxygen atoms in total. The molecule has 122 valence electrons. The van der Waals surface area contributed by atoms with Crippen molar-refractivity contribution < 1.29 is 12.8 Å². The number of nitrogens with one attached hydrogen (secondary N) is 2. The molecule has 1 aliphatic heterocycles. The van der Waals surface area contributed by atoms with Gasteiger partial charge < -0.3 is 10.6 Å². The van der Waals surface area contributed by atoms with E-state index < -0.39 is 9.84 Å². The van der Waals surface area contributed by atoms with Crippen LogP contribution in [0.1, 0.15) is 12.0 Å². The average Bonchev–Trinajstić information content (AvgIpc) is 2.86. The summed E-state index contributed by atoms with van der Waals surface area (Å²) in [5.74, 6) is 0.781. The van der Waals surface area contributed by atoms with E-state index in [1.54, 1.807) is 12.1 Å². The quantitative estimate of drug-likeness (QED) is 0.847. The Hall–Kier alpha value is -2.29. The van der Waals surface area contributed by atoms with E-state index in [0.29, 0.717) is 18.8 Å². The van der Waals surface area contributed by atoms with Gasteiger partial charge in [-0.15, -0.1) is 5.10 Å². The largest absolute Gasteiger partial charge is 0.365 e. The summed E-state index contributed by atoms with van der Waals surface area (Å²) in [4.78, 5) is 4.25. The van der Waals surface area contributed by atoms with Crippen molar-refractivity contribution in [2.45, 2.75) is 19.0 Å². The van der Waals surface area contributed by atoms with Crippen LogP contribution in [0.15, 0.2) is 30.5 Å². The highest BCUT2D eigenvalue weighted by Crippen LogP contribution is 2.15. The summed E-state index contributed by atoms with van der Waals surface area (Å²) in [6.07, 6.45) is 2.01. The fraction of sp³-hybridized carbons (Fsp3) is 0.357. The first-order valence-electron chi connectivity index (χ1n) is 7.15. The molecule has 1 aromatic heterocycles. The van der Waals surface area contributed by atoms with Crippen LogP contribution in [-0.4, -0.2) is 41.1 Å². The molecule has 1 atom stereocenters. The van der Waals surface area contributed by atoms with Crippen LogP contribution in [0.3, 0.4) is 0 Å². The Balaban J connectivity index is 1.60. The first-order chi connectivity index (χ1) is 11.0. The van der Waals surface area contributed by atoms with Gasteiger partial charge in [0, 0.05) is 12.6 Å². The highest BCUT2D eigenvalue weighted by molar-refractivity contribution is 7.91. The molecule has 1 fully saturated rings. The zero-order valence-corrected chi connectivity index (χ0v) is 13.1. The maximum absolute atomic E-state index is 12.8. The first-order valence-corrected chi connectivity index (χ1v) is 8.97. The van der Waals surface area contributed by atoms with E-state index in [0.717, 1.165) is 5.56 Å². The number of benzene rings is 1. The van der Waals surface area contributed by atoms with Crippen molar-refractivity contribution in [3.8, 4) is 0 Å². The van der Waals surface area contributed by atoms with E-state index >= 15 is 0 Å². The molecule has 2 N–H and O–H groups in total. The molecule has 1 saturated heterocycles. The summed E-state index contributed by atoms with van der Waals surface area (Å²) in [7, 11) is -2.96. The van der Waals surface area contributed by atoms with Gasteiger partial charge in [0.05, 0.1) is 17.7 Å². The van der Waals surface area contributed by atoms with E-state index in [1.807, 2.05) is 0 Å². The van der Waals surface area contributed by atoms with Gasteiger partial charge in [-0.05, 0) is 24.1 Å². The smallest absolute Gasteiger partial charge is 0.244 e. The lowest BCUT2D eigenvalue weighted by Gasteiger charge is -2.11. The zero-order valence-electron chi connectivity index (χ0n) is 12.2. The van der Waals surface area contributed by atoms with Crippen LogP contribution in [0.2, 0.25) is 0 Å². The summed E-state index contributed by atoms with van der Waals surface area (Å²) < 4.78 is 35.7. The minimum Gasteiger partial charge on any atom is -0.365 e. The van der Waals surface area contributed by atoms with Gasteiger partial charge in [0.1, 0.15) is 5.82 Å². The van der Waals surface area contributed by atoms with Gasteiger partial charge in [-0.1, -0.05) is 12.1 Å². The van der Waals surface area contributed by atoms with Crippen LogP contribution in [0, 0.1) is 5.82 Å². The third-order valence-electron chi connectivity index (χ3n) is 3.51. The average molecular weight is 337 g/mol. The predicted octanol–water partition coefficient (Wildman–Crippen LogP) is 1.22. The zero-order chi connectivity index (χ0) is 16.3. The topological polar surface area (TPSA) is 96.9 Å². The first kappa shape index (κ1) is 15.6. The number of sulfone groups is 1. The molecule has 0 aliphatic carbocycles. The van der Waals surface area contributed by atoms with Crippen LogP contribution in [0.25, 0.3) is 0 Å². The number of rotatable bonds is 5. The fourth-order valence-electron chi connectivity index (χ4n) is 2.34. The van der Waals surface area contributed by atoms with Crippen LogP contribution >= 0.6 is 0 Å². The normalized spacial score (nSPS) is 19.4. The highest BCUT2D eigenvalue weighted by Gasteiger charge is 2.28. The van der Waals surface area contributed by atoms with Gasteiger partial charge in [0.15, 0.2) is 15.7 Å². The van der Waals surface area contributed by atoms with Crippen molar-refractivity contribution in [3.05, 3.63) is 41.8 Å². The van der Waals surface area contributed by atoms with Crippen molar-refractivity contribution in [1.29, 1.82) is 0 Å². The summed E-state index contributed by atoms with van der Waals surface area (Å²) in [5.41, 5.74) is 0.904. The Bertz CT molecular complexity index is 782. The Morgan fingerprint density at radius 1 is 1.26 bits per heavy atom. The van der Waals surface area contributed by atoms with E-state index in [2.05, 4.69) is 25.8 Å².